The minimum atomic E-state index is -0.684. The van der Waals surface area contributed by atoms with Crippen LogP contribution in [0.4, 0.5) is 4.39 Å². The van der Waals surface area contributed by atoms with Crippen LogP contribution in [-0.4, -0.2) is 34.8 Å². The van der Waals surface area contributed by atoms with E-state index < -0.39 is 11.7 Å². The van der Waals surface area contributed by atoms with E-state index >= 15 is 4.39 Å². The molecule has 1 saturated heterocycles. The number of halogens is 1. The number of pyridine rings is 1. The number of carbonyl (C=O) groups excluding carboxylic acids is 2. The number of hydrogen-bond donors (Lipinski definition) is 1. The highest BCUT2D eigenvalue weighted by Gasteiger charge is 2.25. The number of piperidine rings is 1. The summed E-state index contributed by atoms with van der Waals surface area (Å²) in [5, 5.41) is 0. The van der Waals surface area contributed by atoms with Crippen LogP contribution < -0.4 is 10.5 Å². The van der Waals surface area contributed by atoms with Crippen LogP contribution >= 0.6 is 0 Å². The van der Waals surface area contributed by atoms with E-state index in [0.717, 1.165) is 5.69 Å². The normalized spacial score (nSPS) is 13.6. The molecule has 0 unspecified atom stereocenters. The number of rotatable bonds is 5. The fourth-order valence-electron chi connectivity index (χ4n) is 4.05. The first-order valence-corrected chi connectivity index (χ1v) is 11.0. The van der Waals surface area contributed by atoms with Crippen molar-refractivity contribution in [3.8, 4) is 34.6 Å². The van der Waals surface area contributed by atoms with E-state index in [9.17, 15) is 9.59 Å². The van der Waals surface area contributed by atoms with Crippen LogP contribution in [0.5, 0.6) is 11.5 Å². The summed E-state index contributed by atoms with van der Waals surface area (Å²) in [6.45, 7) is 2.76. The average Bonchev–Trinajstić information content (AvgIpc) is 2.84. The topological polar surface area (TPSA) is 85.5 Å². The molecule has 0 bridgehead atoms. The van der Waals surface area contributed by atoms with Crippen LogP contribution in [0, 0.1) is 17.7 Å². The molecule has 0 spiro atoms. The molecule has 3 aromatic rings. The second-order valence-corrected chi connectivity index (χ2v) is 7.99. The van der Waals surface area contributed by atoms with Crippen LogP contribution in [0.3, 0.4) is 0 Å². The number of nitrogens with two attached hydrogens (primary N) is 1. The second-order valence-electron chi connectivity index (χ2n) is 7.99. The molecule has 2 aromatic carbocycles. The Balaban J connectivity index is 1.60. The molecule has 2 amide bonds. The molecular weight excluding hydrogens is 433 g/mol. The molecular formula is C27H24FN3O3. The van der Waals surface area contributed by atoms with Crippen molar-refractivity contribution < 1.29 is 18.7 Å². The highest BCUT2D eigenvalue weighted by molar-refractivity contribution is 5.99. The Morgan fingerprint density at radius 2 is 1.79 bits per heavy atom. The first-order valence-electron chi connectivity index (χ1n) is 11.0. The third kappa shape index (κ3) is 5.07. The highest BCUT2D eigenvalue weighted by Crippen LogP contribution is 2.33. The van der Waals surface area contributed by atoms with Crippen molar-refractivity contribution in [2.45, 2.75) is 25.7 Å². The van der Waals surface area contributed by atoms with Gasteiger partial charge in [0.1, 0.15) is 17.3 Å². The monoisotopic (exact) mass is 457 g/mol. The predicted molar refractivity (Wildman–Crippen MR) is 127 cm³/mol. The van der Waals surface area contributed by atoms with Gasteiger partial charge >= 0.3 is 0 Å². The van der Waals surface area contributed by atoms with Gasteiger partial charge in [0.15, 0.2) is 0 Å². The van der Waals surface area contributed by atoms with Gasteiger partial charge in [-0.25, -0.2) is 4.39 Å². The zero-order valence-electron chi connectivity index (χ0n) is 18.8. The summed E-state index contributed by atoms with van der Waals surface area (Å²) < 4.78 is 20.8. The van der Waals surface area contributed by atoms with Crippen molar-refractivity contribution in [2.75, 3.05) is 13.1 Å². The lowest BCUT2D eigenvalue weighted by Gasteiger charge is -2.30. The molecule has 0 aliphatic carbocycles. The van der Waals surface area contributed by atoms with Crippen molar-refractivity contribution in [3.63, 3.8) is 0 Å². The Morgan fingerprint density at radius 1 is 1.06 bits per heavy atom. The first-order chi connectivity index (χ1) is 16.5. The number of carbonyl (C=O) groups is 2. The number of ether oxygens (including phenoxy) is 1. The van der Waals surface area contributed by atoms with Crippen molar-refractivity contribution in [1.82, 2.24) is 9.88 Å². The zero-order valence-corrected chi connectivity index (χ0v) is 18.8. The molecule has 0 atom stereocenters. The molecule has 1 fully saturated rings. The van der Waals surface area contributed by atoms with Crippen LogP contribution in [-0.2, 0) is 4.79 Å². The molecule has 7 heteroatoms. The van der Waals surface area contributed by atoms with E-state index in [2.05, 4.69) is 16.8 Å². The first kappa shape index (κ1) is 23.0. The lowest BCUT2D eigenvalue weighted by molar-refractivity contribution is -0.126. The van der Waals surface area contributed by atoms with Crippen molar-refractivity contribution in [1.29, 1.82) is 0 Å². The Morgan fingerprint density at radius 3 is 2.44 bits per heavy atom. The number of para-hydroxylation sites is 1. The minimum absolute atomic E-state index is 0.0723. The SMILES string of the molecule is CC#CC(=O)N1CCC(c2ccc(C(N)=O)c(-c3ccc(Oc4ccccc4)cc3F)n2)CC1. The summed E-state index contributed by atoms with van der Waals surface area (Å²) in [5.74, 6) is 4.75. The fraction of sp³-hybridized carbons (Fsp3) is 0.222. The minimum Gasteiger partial charge on any atom is -0.457 e. The van der Waals surface area contributed by atoms with E-state index in [4.69, 9.17) is 10.5 Å². The Labute approximate surface area is 197 Å². The van der Waals surface area contributed by atoms with Crippen LogP contribution in [0.15, 0.2) is 60.7 Å². The van der Waals surface area contributed by atoms with Crippen molar-refractivity contribution in [2.24, 2.45) is 5.73 Å². The van der Waals surface area contributed by atoms with E-state index in [1.807, 2.05) is 18.2 Å². The molecule has 1 aliphatic rings. The summed E-state index contributed by atoms with van der Waals surface area (Å²) in [5.41, 5.74) is 6.80. The molecule has 6 nitrogen and oxygen atoms in total. The van der Waals surface area contributed by atoms with Gasteiger partial charge < -0.3 is 15.4 Å². The average molecular weight is 458 g/mol. The van der Waals surface area contributed by atoms with Crippen molar-refractivity contribution >= 4 is 11.8 Å². The number of amides is 2. The number of hydrogen-bond acceptors (Lipinski definition) is 4. The Bertz CT molecular complexity index is 1270. The molecule has 2 heterocycles. The predicted octanol–water partition coefficient (Wildman–Crippen LogP) is 4.51. The lowest BCUT2D eigenvalue weighted by Crippen LogP contribution is -2.37. The summed E-state index contributed by atoms with van der Waals surface area (Å²) in [7, 11) is 0. The molecule has 0 radical (unpaired) electrons. The largest absolute Gasteiger partial charge is 0.457 e. The van der Waals surface area contributed by atoms with Gasteiger partial charge in [-0.3, -0.25) is 14.6 Å². The third-order valence-electron chi connectivity index (χ3n) is 5.79. The van der Waals surface area contributed by atoms with Gasteiger partial charge in [-0.2, -0.15) is 0 Å². The molecule has 0 saturated carbocycles. The highest BCUT2D eigenvalue weighted by atomic mass is 19.1. The summed E-state index contributed by atoms with van der Waals surface area (Å²) in [6, 6.07) is 16.8. The number of likely N-dealkylation sites (tertiary alicyclic amines) is 1. The molecule has 1 aromatic heterocycles. The van der Waals surface area contributed by atoms with Gasteiger partial charge in [-0.05, 0) is 62.1 Å². The number of benzene rings is 2. The van der Waals surface area contributed by atoms with E-state index in [-0.39, 0.29) is 28.6 Å². The molecule has 2 N–H and O–H groups in total. The summed E-state index contributed by atoms with van der Waals surface area (Å²) >= 11 is 0. The summed E-state index contributed by atoms with van der Waals surface area (Å²) in [4.78, 5) is 30.4. The number of aromatic nitrogens is 1. The van der Waals surface area contributed by atoms with Gasteiger partial charge in [0.25, 0.3) is 11.8 Å². The van der Waals surface area contributed by atoms with Gasteiger partial charge in [-0.1, -0.05) is 24.1 Å². The molecule has 4 rings (SSSR count). The van der Waals surface area contributed by atoms with Gasteiger partial charge in [0.2, 0.25) is 0 Å². The standard InChI is InChI=1S/C27H24FN3O3/c1-2-6-25(32)31-15-13-18(14-16-31)24-12-11-22(27(29)33)26(30-24)21-10-9-20(17-23(21)28)34-19-7-4-3-5-8-19/h3-5,7-12,17-18H,13-16H2,1H3,(H2,29,33). The van der Waals surface area contributed by atoms with Crippen molar-refractivity contribution in [3.05, 3.63) is 77.7 Å². The maximum Gasteiger partial charge on any atom is 0.298 e. The van der Waals surface area contributed by atoms with Gasteiger partial charge in [0.05, 0.1) is 11.3 Å². The Hall–Kier alpha value is -4.18. The van der Waals surface area contributed by atoms with E-state index in [1.165, 1.54) is 12.1 Å². The third-order valence-corrected chi connectivity index (χ3v) is 5.79. The molecule has 1 aliphatic heterocycles. The molecule has 34 heavy (non-hydrogen) atoms. The van der Waals surface area contributed by atoms with E-state index in [1.54, 1.807) is 42.2 Å². The smallest absolute Gasteiger partial charge is 0.298 e. The fourth-order valence-corrected chi connectivity index (χ4v) is 4.05. The zero-order chi connectivity index (χ0) is 24.1. The van der Waals surface area contributed by atoms with Crippen LogP contribution in [0.25, 0.3) is 11.3 Å². The quantitative estimate of drug-likeness (QED) is 0.572. The maximum absolute atomic E-state index is 15.1. The molecule has 172 valence electrons. The maximum atomic E-state index is 15.1. The van der Waals surface area contributed by atoms with Gasteiger partial charge in [0, 0.05) is 36.3 Å². The van der Waals surface area contributed by atoms with Crippen LogP contribution in [0.1, 0.15) is 41.7 Å². The number of nitrogens with zero attached hydrogens (tertiary/aromatic N) is 2. The second kappa shape index (κ2) is 10.2. The lowest BCUT2D eigenvalue weighted by atomic mass is 9.91. The number of primary amides is 1. The Kier molecular flexibility index (Phi) is 6.88. The summed E-state index contributed by atoms with van der Waals surface area (Å²) in [6.07, 6.45) is 1.40. The van der Waals surface area contributed by atoms with Crippen LogP contribution in [0.2, 0.25) is 0 Å². The van der Waals surface area contributed by atoms with Gasteiger partial charge in [-0.15, -0.1) is 0 Å². The van der Waals surface area contributed by atoms with E-state index in [0.29, 0.717) is 37.4 Å².